The van der Waals surface area contributed by atoms with Gasteiger partial charge in [-0.3, -0.25) is 0 Å². The van der Waals surface area contributed by atoms with E-state index in [1.807, 2.05) is 0 Å². The van der Waals surface area contributed by atoms with Crippen molar-refractivity contribution in [2.45, 2.75) is 46.0 Å². The van der Waals surface area contributed by atoms with Gasteiger partial charge in [0, 0.05) is 0 Å². The Hall–Kier alpha value is -0.780. The molecule has 0 aliphatic carbocycles. The van der Waals surface area contributed by atoms with Crippen molar-refractivity contribution in [1.82, 2.24) is 0 Å². The van der Waals surface area contributed by atoms with Crippen LogP contribution in [0.25, 0.3) is 0 Å². The summed E-state index contributed by atoms with van der Waals surface area (Å²) in [6.45, 7) is 6.79. The van der Waals surface area contributed by atoms with Gasteiger partial charge in [-0.2, -0.15) is 0 Å². The Bertz CT molecular complexity index is 248. The summed E-state index contributed by atoms with van der Waals surface area (Å²) < 4.78 is 0. The van der Waals surface area contributed by atoms with Crippen molar-refractivity contribution in [3.05, 3.63) is 35.4 Å². The van der Waals surface area contributed by atoms with Crippen molar-refractivity contribution in [2.24, 2.45) is 0 Å². The summed E-state index contributed by atoms with van der Waals surface area (Å²) in [5.41, 5.74) is 3.07. The third-order valence-electron chi connectivity index (χ3n) is 2.48. The van der Waals surface area contributed by atoms with E-state index in [1.165, 1.54) is 24.8 Å². The van der Waals surface area contributed by atoms with Crippen LogP contribution in [0.4, 0.5) is 0 Å². The SMILES string of the molecule is CCCCc1ccccc1C(C)C. The number of hydrogen-bond acceptors (Lipinski definition) is 0. The zero-order valence-electron chi connectivity index (χ0n) is 9.01. The minimum atomic E-state index is 0.660. The summed E-state index contributed by atoms with van der Waals surface area (Å²) in [6.07, 6.45) is 3.83. The van der Waals surface area contributed by atoms with Crippen LogP contribution in [0.2, 0.25) is 0 Å². The maximum Gasteiger partial charge on any atom is -0.0216 e. The third kappa shape index (κ3) is 2.87. The molecule has 0 amide bonds. The monoisotopic (exact) mass is 176 g/mol. The first kappa shape index (κ1) is 10.3. The van der Waals surface area contributed by atoms with E-state index >= 15 is 0 Å². The average molecular weight is 176 g/mol. The quantitative estimate of drug-likeness (QED) is 0.646. The second kappa shape index (κ2) is 5.06. The van der Waals surface area contributed by atoms with Crippen molar-refractivity contribution in [1.29, 1.82) is 0 Å². The molecule has 0 radical (unpaired) electrons. The molecule has 0 fully saturated rings. The Kier molecular flexibility index (Phi) is 4.01. The number of benzene rings is 1. The van der Waals surface area contributed by atoms with Crippen LogP contribution in [0.5, 0.6) is 0 Å². The molecule has 0 spiro atoms. The van der Waals surface area contributed by atoms with Crippen molar-refractivity contribution in [3.8, 4) is 0 Å². The molecule has 0 aromatic heterocycles. The molecular formula is C13H20. The summed E-state index contributed by atoms with van der Waals surface area (Å²) >= 11 is 0. The Morgan fingerprint density at radius 3 is 2.46 bits per heavy atom. The van der Waals surface area contributed by atoms with Gasteiger partial charge in [0.1, 0.15) is 0 Å². The van der Waals surface area contributed by atoms with Crippen LogP contribution in [-0.2, 0) is 6.42 Å². The van der Waals surface area contributed by atoms with Crippen molar-refractivity contribution in [2.75, 3.05) is 0 Å². The first-order valence-corrected chi connectivity index (χ1v) is 5.33. The topological polar surface area (TPSA) is 0 Å². The van der Waals surface area contributed by atoms with Gasteiger partial charge >= 0.3 is 0 Å². The molecule has 0 heterocycles. The molecule has 0 nitrogen and oxygen atoms in total. The summed E-state index contributed by atoms with van der Waals surface area (Å²) in [6, 6.07) is 8.82. The molecule has 13 heavy (non-hydrogen) atoms. The smallest absolute Gasteiger partial charge is 0.0216 e. The minimum absolute atomic E-state index is 0.660. The van der Waals surface area contributed by atoms with Gasteiger partial charge in [0.25, 0.3) is 0 Å². The lowest BCUT2D eigenvalue weighted by Gasteiger charge is -2.11. The molecule has 0 heteroatoms. The first-order valence-electron chi connectivity index (χ1n) is 5.33. The Labute approximate surface area is 82.0 Å². The van der Waals surface area contributed by atoms with Crippen LogP contribution in [0, 0.1) is 0 Å². The second-order valence-corrected chi connectivity index (χ2v) is 3.96. The average Bonchev–Trinajstić information content (AvgIpc) is 2.15. The maximum absolute atomic E-state index is 2.27. The molecule has 1 rings (SSSR count). The summed E-state index contributed by atoms with van der Waals surface area (Å²) in [5, 5.41) is 0. The van der Waals surface area contributed by atoms with Gasteiger partial charge in [-0.15, -0.1) is 0 Å². The molecular weight excluding hydrogens is 156 g/mol. The second-order valence-electron chi connectivity index (χ2n) is 3.96. The van der Waals surface area contributed by atoms with Crippen LogP contribution in [0.15, 0.2) is 24.3 Å². The molecule has 0 saturated heterocycles. The van der Waals surface area contributed by atoms with Gasteiger partial charge in [0.05, 0.1) is 0 Å². The van der Waals surface area contributed by atoms with E-state index in [4.69, 9.17) is 0 Å². The Balaban J connectivity index is 2.78. The van der Waals surface area contributed by atoms with Crippen LogP contribution >= 0.6 is 0 Å². The molecule has 0 saturated carbocycles. The number of hydrogen-bond donors (Lipinski definition) is 0. The third-order valence-corrected chi connectivity index (χ3v) is 2.48. The zero-order valence-corrected chi connectivity index (χ0v) is 9.01. The van der Waals surface area contributed by atoms with E-state index in [0.29, 0.717) is 5.92 Å². The largest absolute Gasteiger partial charge is 0.0654 e. The van der Waals surface area contributed by atoms with Gasteiger partial charge in [-0.25, -0.2) is 0 Å². The van der Waals surface area contributed by atoms with Crippen LogP contribution in [-0.4, -0.2) is 0 Å². The summed E-state index contributed by atoms with van der Waals surface area (Å²) in [4.78, 5) is 0. The fraction of sp³-hybridized carbons (Fsp3) is 0.538. The fourth-order valence-electron chi connectivity index (χ4n) is 1.69. The lowest BCUT2D eigenvalue weighted by molar-refractivity contribution is 0.767. The van der Waals surface area contributed by atoms with Crippen molar-refractivity contribution in [3.63, 3.8) is 0 Å². The van der Waals surface area contributed by atoms with E-state index in [-0.39, 0.29) is 0 Å². The van der Waals surface area contributed by atoms with Gasteiger partial charge in [-0.05, 0) is 29.9 Å². The predicted octanol–water partition coefficient (Wildman–Crippen LogP) is 4.15. The highest BCUT2D eigenvalue weighted by atomic mass is 14.1. The van der Waals surface area contributed by atoms with Crippen LogP contribution in [0.3, 0.4) is 0 Å². The van der Waals surface area contributed by atoms with Gasteiger partial charge in [0.2, 0.25) is 0 Å². The molecule has 1 aromatic carbocycles. The molecule has 72 valence electrons. The zero-order chi connectivity index (χ0) is 9.68. The van der Waals surface area contributed by atoms with E-state index in [1.54, 1.807) is 5.56 Å². The molecule has 0 aliphatic rings. The first-order chi connectivity index (χ1) is 6.25. The van der Waals surface area contributed by atoms with Gasteiger partial charge in [0.15, 0.2) is 0 Å². The van der Waals surface area contributed by atoms with Gasteiger partial charge < -0.3 is 0 Å². The van der Waals surface area contributed by atoms with E-state index < -0.39 is 0 Å². The Morgan fingerprint density at radius 2 is 1.85 bits per heavy atom. The maximum atomic E-state index is 2.27. The highest BCUT2D eigenvalue weighted by Crippen LogP contribution is 2.20. The number of unbranched alkanes of at least 4 members (excludes halogenated alkanes) is 1. The van der Waals surface area contributed by atoms with Crippen LogP contribution < -0.4 is 0 Å². The van der Waals surface area contributed by atoms with Crippen molar-refractivity contribution >= 4 is 0 Å². The Morgan fingerprint density at radius 1 is 1.15 bits per heavy atom. The van der Waals surface area contributed by atoms with E-state index in [0.717, 1.165) is 0 Å². The predicted molar refractivity (Wildman–Crippen MR) is 59.1 cm³/mol. The minimum Gasteiger partial charge on any atom is -0.0654 e. The van der Waals surface area contributed by atoms with Gasteiger partial charge in [-0.1, -0.05) is 51.5 Å². The normalized spacial score (nSPS) is 10.8. The number of aryl methyl sites for hydroxylation is 1. The van der Waals surface area contributed by atoms with E-state index in [9.17, 15) is 0 Å². The molecule has 0 bridgehead atoms. The molecule has 0 unspecified atom stereocenters. The van der Waals surface area contributed by atoms with E-state index in [2.05, 4.69) is 45.0 Å². The fourth-order valence-corrected chi connectivity index (χ4v) is 1.69. The standard InChI is InChI=1S/C13H20/c1-4-5-8-12-9-6-7-10-13(12)11(2)3/h6-7,9-11H,4-5,8H2,1-3H3. The lowest BCUT2D eigenvalue weighted by Crippen LogP contribution is -1.95. The van der Waals surface area contributed by atoms with Crippen LogP contribution in [0.1, 0.15) is 50.7 Å². The van der Waals surface area contributed by atoms with Crippen molar-refractivity contribution < 1.29 is 0 Å². The number of rotatable bonds is 4. The molecule has 0 atom stereocenters. The lowest BCUT2D eigenvalue weighted by atomic mass is 9.94. The highest BCUT2D eigenvalue weighted by molar-refractivity contribution is 5.29. The molecule has 0 N–H and O–H groups in total. The molecule has 0 aliphatic heterocycles. The summed E-state index contributed by atoms with van der Waals surface area (Å²) in [7, 11) is 0. The molecule has 1 aromatic rings. The highest BCUT2D eigenvalue weighted by Gasteiger charge is 2.04. The summed E-state index contributed by atoms with van der Waals surface area (Å²) in [5.74, 6) is 0.660.